The molecule has 0 spiro atoms. The summed E-state index contributed by atoms with van der Waals surface area (Å²) in [6.45, 7) is 4.37. The lowest BCUT2D eigenvalue weighted by molar-refractivity contribution is -0.141. The van der Waals surface area contributed by atoms with Crippen molar-refractivity contribution in [3.8, 4) is 0 Å². The first-order chi connectivity index (χ1) is 14.3. The molecule has 1 heterocycles. The monoisotopic (exact) mass is 405 g/mol. The number of carbonyl (C=O) groups is 1. The van der Waals surface area contributed by atoms with Crippen LogP contribution in [-0.4, -0.2) is 17.6 Å². The smallest absolute Gasteiger partial charge is 0.302 e. The molecule has 0 saturated heterocycles. The molecule has 0 amide bonds. The molecule has 0 fully saturated rings. The molecule has 168 valence electrons. The molecule has 0 aliphatic rings. The van der Waals surface area contributed by atoms with Crippen LogP contribution in [0, 0.1) is 0 Å². The minimum Gasteiger partial charge on any atom is -0.466 e. The Balaban J connectivity index is 0.00000110. The van der Waals surface area contributed by atoms with Gasteiger partial charge in [0.25, 0.3) is 0 Å². The van der Waals surface area contributed by atoms with Crippen LogP contribution < -0.4 is 0 Å². The van der Waals surface area contributed by atoms with Crippen LogP contribution >= 0.6 is 0 Å². The van der Waals surface area contributed by atoms with Crippen LogP contribution in [0.1, 0.15) is 123 Å². The molecule has 1 rings (SSSR count). The fraction of sp³-hybridized carbons (Fsp3) is 0.769. The van der Waals surface area contributed by atoms with Gasteiger partial charge in [-0.3, -0.25) is 9.78 Å². The van der Waals surface area contributed by atoms with Crippen LogP contribution in [0.3, 0.4) is 0 Å². The standard InChI is InChI=1S/C21H42O2.C5H5N/c1-3-4-5-6-7-8-9-10-11-12-13-14-15-16-17-18-19-20-23-21(2)22;1-2-4-6-5-3-1/h3-20H2,1-2H3;1-5H. The molecule has 0 saturated carbocycles. The van der Waals surface area contributed by atoms with Crippen LogP contribution in [0.4, 0.5) is 0 Å². The summed E-state index contributed by atoms with van der Waals surface area (Å²) in [7, 11) is 0. The van der Waals surface area contributed by atoms with Crippen molar-refractivity contribution in [1.82, 2.24) is 4.98 Å². The second kappa shape index (κ2) is 24.7. The first-order valence-electron chi connectivity index (χ1n) is 12.3. The highest BCUT2D eigenvalue weighted by molar-refractivity contribution is 5.65. The maximum Gasteiger partial charge on any atom is 0.302 e. The van der Waals surface area contributed by atoms with Crippen LogP contribution in [0.25, 0.3) is 0 Å². The Morgan fingerprint density at radius 3 is 1.28 bits per heavy atom. The van der Waals surface area contributed by atoms with Gasteiger partial charge in [-0.05, 0) is 18.6 Å². The normalized spacial score (nSPS) is 10.3. The topological polar surface area (TPSA) is 39.2 Å². The first-order valence-corrected chi connectivity index (χ1v) is 12.3. The summed E-state index contributed by atoms with van der Waals surface area (Å²) in [6, 6.07) is 5.72. The zero-order valence-electron chi connectivity index (χ0n) is 19.4. The lowest BCUT2D eigenvalue weighted by Gasteiger charge is -2.04. The van der Waals surface area contributed by atoms with E-state index in [1.54, 1.807) is 12.4 Å². The highest BCUT2D eigenvalue weighted by Crippen LogP contribution is 2.14. The lowest BCUT2D eigenvalue weighted by atomic mass is 10.0. The summed E-state index contributed by atoms with van der Waals surface area (Å²) in [4.78, 5) is 14.4. The second-order valence-corrected chi connectivity index (χ2v) is 8.02. The summed E-state index contributed by atoms with van der Waals surface area (Å²) in [5.41, 5.74) is 0. The molecule has 0 N–H and O–H groups in total. The van der Waals surface area contributed by atoms with Crippen LogP contribution in [0.5, 0.6) is 0 Å². The van der Waals surface area contributed by atoms with E-state index in [-0.39, 0.29) is 5.97 Å². The van der Waals surface area contributed by atoms with Crippen molar-refractivity contribution in [3.63, 3.8) is 0 Å². The van der Waals surface area contributed by atoms with Crippen LogP contribution in [0.15, 0.2) is 30.6 Å². The van der Waals surface area contributed by atoms with E-state index in [0.717, 1.165) is 6.42 Å². The van der Waals surface area contributed by atoms with Crippen molar-refractivity contribution in [2.24, 2.45) is 0 Å². The third-order valence-electron chi connectivity index (χ3n) is 5.12. The molecule has 29 heavy (non-hydrogen) atoms. The van der Waals surface area contributed by atoms with E-state index >= 15 is 0 Å². The van der Waals surface area contributed by atoms with Crippen molar-refractivity contribution in [2.45, 2.75) is 123 Å². The second-order valence-electron chi connectivity index (χ2n) is 8.02. The highest BCUT2D eigenvalue weighted by atomic mass is 16.5. The predicted octanol–water partition coefficient (Wildman–Crippen LogP) is 8.28. The van der Waals surface area contributed by atoms with Gasteiger partial charge >= 0.3 is 5.97 Å². The number of ether oxygens (including phenoxy) is 1. The average molecular weight is 406 g/mol. The number of hydrogen-bond donors (Lipinski definition) is 0. The van der Waals surface area contributed by atoms with E-state index in [9.17, 15) is 4.79 Å². The summed E-state index contributed by atoms with van der Waals surface area (Å²) >= 11 is 0. The molecular formula is C26H47NO2. The minimum atomic E-state index is -0.151. The molecule has 0 radical (unpaired) electrons. The van der Waals surface area contributed by atoms with Gasteiger partial charge in [-0.1, -0.05) is 116 Å². The number of unbranched alkanes of at least 4 members (excludes halogenated alkanes) is 16. The fourth-order valence-corrected chi connectivity index (χ4v) is 3.36. The van der Waals surface area contributed by atoms with Gasteiger partial charge in [-0.2, -0.15) is 0 Å². The molecular weight excluding hydrogens is 358 g/mol. The number of aromatic nitrogens is 1. The van der Waals surface area contributed by atoms with Gasteiger partial charge in [0, 0.05) is 19.3 Å². The molecule has 3 heteroatoms. The third kappa shape index (κ3) is 26.6. The number of hydrogen-bond acceptors (Lipinski definition) is 3. The lowest BCUT2D eigenvalue weighted by Crippen LogP contribution is -2.00. The van der Waals surface area contributed by atoms with Gasteiger partial charge in [0.2, 0.25) is 0 Å². The fourth-order valence-electron chi connectivity index (χ4n) is 3.36. The van der Waals surface area contributed by atoms with Gasteiger partial charge in [0.05, 0.1) is 6.61 Å². The highest BCUT2D eigenvalue weighted by Gasteiger charge is 1.95. The van der Waals surface area contributed by atoms with E-state index in [1.807, 2.05) is 18.2 Å². The number of pyridine rings is 1. The van der Waals surface area contributed by atoms with E-state index in [2.05, 4.69) is 11.9 Å². The maximum absolute atomic E-state index is 10.6. The number of esters is 1. The van der Waals surface area contributed by atoms with E-state index in [1.165, 1.54) is 110 Å². The first kappa shape index (κ1) is 27.6. The van der Waals surface area contributed by atoms with Crippen molar-refractivity contribution >= 4 is 5.97 Å². The largest absolute Gasteiger partial charge is 0.466 e. The molecule has 0 aliphatic heterocycles. The molecule has 0 unspecified atom stereocenters. The Hall–Kier alpha value is -1.38. The average Bonchev–Trinajstić information content (AvgIpc) is 2.74. The SMILES string of the molecule is CCCCCCCCCCCCCCCCCCCOC(C)=O.c1ccncc1. The van der Waals surface area contributed by atoms with Gasteiger partial charge in [-0.15, -0.1) is 0 Å². The molecule has 0 aromatic carbocycles. The molecule has 0 bridgehead atoms. The van der Waals surface area contributed by atoms with E-state index in [0.29, 0.717) is 6.61 Å². The maximum atomic E-state index is 10.6. The van der Waals surface area contributed by atoms with Gasteiger partial charge < -0.3 is 4.74 Å². The van der Waals surface area contributed by atoms with E-state index in [4.69, 9.17) is 4.74 Å². The van der Waals surface area contributed by atoms with Crippen molar-refractivity contribution in [1.29, 1.82) is 0 Å². The zero-order valence-corrected chi connectivity index (χ0v) is 19.4. The van der Waals surface area contributed by atoms with Crippen molar-refractivity contribution < 1.29 is 9.53 Å². The quantitative estimate of drug-likeness (QED) is 0.182. The Kier molecular flexibility index (Phi) is 23.5. The number of carbonyl (C=O) groups excluding carboxylic acids is 1. The Morgan fingerprint density at radius 2 is 1.00 bits per heavy atom. The summed E-state index contributed by atoms with van der Waals surface area (Å²) in [5.74, 6) is -0.151. The van der Waals surface area contributed by atoms with Crippen LogP contribution in [-0.2, 0) is 9.53 Å². The Labute approximate surface area is 181 Å². The predicted molar refractivity (Wildman–Crippen MR) is 125 cm³/mol. The van der Waals surface area contributed by atoms with Gasteiger partial charge in [0.1, 0.15) is 0 Å². The number of rotatable bonds is 18. The third-order valence-corrected chi connectivity index (χ3v) is 5.12. The van der Waals surface area contributed by atoms with Crippen molar-refractivity contribution in [2.75, 3.05) is 6.61 Å². The van der Waals surface area contributed by atoms with Gasteiger partial charge in [-0.25, -0.2) is 0 Å². The molecule has 3 nitrogen and oxygen atoms in total. The van der Waals surface area contributed by atoms with Crippen LogP contribution in [0.2, 0.25) is 0 Å². The summed E-state index contributed by atoms with van der Waals surface area (Å²) in [6.07, 6.45) is 26.9. The molecule has 0 atom stereocenters. The molecule has 0 aliphatic carbocycles. The molecule has 1 aromatic heterocycles. The molecule has 1 aromatic rings. The Morgan fingerprint density at radius 1 is 0.621 bits per heavy atom. The summed E-state index contributed by atoms with van der Waals surface area (Å²) < 4.78 is 4.93. The van der Waals surface area contributed by atoms with Gasteiger partial charge in [0.15, 0.2) is 0 Å². The Bertz CT molecular complexity index is 395. The van der Waals surface area contributed by atoms with E-state index < -0.39 is 0 Å². The summed E-state index contributed by atoms with van der Waals surface area (Å²) in [5, 5.41) is 0. The minimum absolute atomic E-state index is 0.151. The number of nitrogens with zero attached hydrogens (tertiary/aromatic N) is 1. The zero-order chi connectivity index (χ0) is 21.3. The van der Waals surface area contributed by atoms with Crippen molar-refractivity contribution in [3.05, 3.63) is 30.6 Å².